The summed E-state index contributed by atoms with van der Waals surface area (Å²) >= 11 is 0. The van der Waals surface area contributed by atoms with E-state index < -0.39 is 0 Å². The van der Waals surface area contributed by atoms with Crippen molar-refractivity contribution < 1.29 is 14.2 Å². The van der Waals surface area contributed by atoms with E-state index in [1.807, 2.05) is 31.3 Å². The van der Waals surface area contributed by atoms with Gasteiger partial charge in [0.1, 0.15) is 5.75 Å². The topological polar surface area (TPSA) is 39.7 Å². The second-order valence-corrected chi connectivity index (χ2v) is 4.01. The van der Waals surface area contributed by atoms with Crippen LogP contribution in [-0.4, -0.2) is 41.0 Å². The van der Waals surface area contributed by atoms with Gasteiger partial charge in [-0.2, -0.15) is 0 Å². The molecule has 18 heavy (non-hydrogen) atoms. The van der Waals surface area contributed by atoms with Gasteiger partial charge in [0.05, 0.1) is 13.2 Å². The summed E-state index contributed by atoms with van der Waals surface area (Å²) in [6.45, 7) is 2.16. The molecule has 1 rings (SSSR count). The van der Waals surface area contributed by atoms with E-state index >= 15 is 0 Å². The highest BCUT2D eigenvalue weighted by Gasteiger charge is 2.15. The molecule has 0 aliphatic rings. The molecule has 0 aliphatic carbocycles. The number of methoxy groups -OCH3 is 2. The lowest BCUT2D eigenvalue weighted by atomic mass is 10.1. The van der Waals surface area contributed by atoms with E-state index in [9.17, 15) is 0 Å². The summed E-state index contributed by atoms with van der Waals surface area (Å²) in [4.78, 5) is 0. The molecule has 0 heterocycles. The molecule has 1 N–H and O–H groups in total. The second kappa shape index (κ2) is 8.91. The van der Waals surface area contributed by atoms with Crippen LogP contribution in [0.5, 0.6) is 5.75 Å². The van der Waals surface area contributed by atoms with Crippen LogP contribution in [-0.2, 0) is 9.47 Å². The van der Waals surface area contributed by atoms with Gasteiger partial charge >= 0.3 is 0 Å². The van der Waals surface area contributed by atoms with Crippen LogP contribution >= 0.6 is 0 Å². The zero-order valence-electron chi connectivity index (χ0n) is 11.4. The van der Waals surface area contributed by atoms with E-state index in [-0.39, 0.29) is 6.10 Å². The lowest BCUT2D eigenvalue weighted by Crippen LogP contribution is -2.21. The molecule has 102 valence electrons. The van der Waals surface area contributed by atoms with E-state index in [0.717, 1.165) is 30.9 Å². The Hall–Kier alpha value is -1.10. The standard InChI is InChI=1S/C14H23NO3/c1-15-11-14(18-10-6-9-16-2)12-7-4-5-8-13(12)17-3/h4-5,7-8,14-15H,6,9-11H2,1-3H3. The largest absolute Gasteiger partial charge is 0.496 e. The number of rotatable bonds is 9. The molecule has 0 radical (unpaired) electrons. The smallest absolute Gasteiger partial charge is 0.124 e. The lowest BCUT2D eigenvalue weighted by molar-refractivity contribution is 0.0386. The average molecular weight is 253 g/mol. The van der Waals surface area contributed by atoms with Crippen LogP contribution < -0.4 is 10.1 Å². The highest BCUT2D eigenvalue weighted by atomic mass is 16.5. The molecule has 0 aromatic heterocycles. The molecule has 4 nitrogen and oxygen atoms in total. The van der Waals surface area contributed by atoms with Gasteiger partial charge < -0.3 is 19.5 Å². The Morgan fingerprint density at radius 3 is 2.61 bits per heavy atom. The van der Waals surface area contributed by atoms with E-state index in [0.29, 0.717) is 6.61 Å². The van der Waals surface area contributed by atoms with Crippen molar-refractivity contribution in [1.82, 2.24) is 5.32 Å². The maximum absolute atomic E-state index is 5.89. The summed E-state index contributed by atoms with van der Waals surface area (Å²) < 4.78 is 16.3. The maximum atomic E-state index is 5.89. The summed E-state index contributed by atoms with van der Waals surface area (Å²) in [6.07, 6.45) is 0.897. The molecule has 0 spiro atoms. The number of ether oxygens (including phenoxy) is 3. The lowest BCUT2D eigenvalue weighted by Gasteiger charge is -2.20. The first-order valence-corrected chi connectivity index (χ1v) is 6.21. The first-order chi connectivity index (χ1) is 8.83. The van der Waals surface area contributed by atoms with Crippen LogP contribution in [0.3, 0.4) is 0 Å². The maximum Gasteiger partial charge on any atom is 0.124 e. The van der Waals surface area contributed by atoms with Crippen molar-refractivity contribution in [2.24, 2.45) is 0 Å². The van der Waals surface area contributed by atoms with Crippen molar-refractivity contribution in [2.75, 3.05) is 41.0 Å². The summed E-state index contributed by atoms with van der Waals surface area (Å²) in [5.41, 5.74) is 1.08. The van der Waals surface area contributed by atoms with Gasteiger partial charge in [-0.05, 0) is 19.5 Å². The third-order valence-electron chi connectivity index (χ3n) is 2.69. The molecule has 0 bridgehead atoms. The van der Waals surface area contributed by atoms with Crippen molar-refractivity contribution in [3.05, 3.63) is 29.8 Å². The molecule has 1 aromatic rings. The molecule has 0 fully saturated rings. The van der Waals surface area contributed by atoms with Crippen LogP contribution in [0, 0.1) is 0 Å². The average Bonchev–Trinajstić information content (AvgIpc) is 2.42. The minimum atomic E-state index is 0.00278. The number of para-hydroxylation sites is 1. The van der Waals surface area contributed by atoms with Gasteiger partial charge in [-0.1, -0.05) is 18.2 Å². The monoisotopic (exact) mass is 253 g/mol. The molecule has 4 heteroatoms. The van der Waals surface area contributed by atoms with Crippen molar-refractivity contribution >= 4 is 0 Å². The van der Waals surface area contributed by atoms with Gasteiger partial charge in [0.25, 0.3) is 0 Å². The molecule has 0 aliphatic heterocycles. The predicted molar refractivity (Wildman–Crippen MR) is 72.1 cm³/mol. The Balaban J connectivity index is 2.64. The molecule has 0 saturated heterocycles. The fourth-order valence-corrected chi connectivity index (χ4v) is 1.81. The van der Waals surface area contributed by atoms with Crippen molar-refractivity contribution in [2.45, 2.75) is 12.5 Å². The molecule has 0 amide bonds. The van der Waals surface area contributed by atoms with Crippen LogP contribution in [0.1, 0.15) is 18.1 Å². The minimum Gasteiger partial charge on any atom is -0.496 e. The van der Waals surface area contributed by atoms with Gasteiger partial charge in [0.15, 0.2) is 0 Å². The Morgan fingerprint density at radius 1 is 1.17 bits per heavy atom. The quantitative estimate of drug-likeness (QED) is 0.683. The van der Waals surface area contributed by atoms with E-state index in [4.69, 9.17) is 14.2 Å². The Morgan fingerprint density at radius 2 is 1.94 bits per heavy atom. The third kappa shape index (κ3) is 4.64. The number of benzene rings is 1. The van der Waals surface area contributed by atoms with Crippen LogP contribution in [0.25, 0.3) is 0 Å². The fourth-order valence-electron chi connectivity index (χ4n) is 1.81. The first kappa shape index (κ1) is 15.0. The Bertz CT molecular complexity index is 331. The van der Waals surface area contributed by atoms with Gasteiger partial charge in [0.2, 0.25) is 0 Å². The Kier molecular flexibility index (Phi) is 7.41. The molecular weight excluding hydrogens is 230 g/mol. The molecule has 1 unspecified atom stereocenters. The zero-order valence-corrected chi connectivity index (χ0v) is 11.4. The minimum absolute atomic E-state index is 0.00278. The van der Waals surface area contributed by atoms with E-state index in [1.165, 1.54) is 0 Å². The van der Waals surface area contributed by atoms with E-state index in [2.05, 4.69) is 5.32 Å². The van der Waals surface area contributed by atoms with Crippen molar-refractivity contribution in [3.8, 4) is 5.75 Å². The van der Waals surface area contributed by atoms with Gasteiger partial charge in [0, 0.05) is 32.4 Å². The zero-order chi connectivity index (χ0) is 13.2. The number of nitrogens with one attached hydrogen (secondary N) is 1. The third-order valence-corrected chi connectivity index (χ3v) is 2.69. The second-order valence-electron chi connectivity index (χ2n) is 4.01. The normalized spacial score (nSPS) is 12.4. The van der Waals surface area contributed by atoms with Gasteiger partial charge in [-0.25, -0.2) is 0 Å². The Labute approximate surface area is 109 Å². The summed E-state index contributed by atoms with van der Waals surface area (Å²) in [5.74, 6) is 0.865. The van der Waals surface area contributed by atoms with Crippen LogP contribution in [0.4, 0.5) is 0 Å². The van der Waals surface area contributed by atoms with Crippen LogP contribution in [0.15, 0.2) is 24.3 Å². The number of hydrogen-bond donors (Lipinski definition) is 1. The van der Waals surface area contributed by atoms with Gasteiger partial charge in [-0.15, -0.1) is 0 Å². The molecule has 1 aromatic carbocycles. The van der Waals surface area contributed by atoms with Gasteiger partial charge in [-0.3, -0.25) is 0 Å². The predicted octanol–water partition coefficient (Wildman–Crippen LogP) is 2.01. The van der Waals surface area contributed by atoms with E-state index in [1.54, 1.807) is 14.2 Å². The van der Waals surface area contributed by atoms with Crippen molar-refractivity contribution in [3.63, 3.8) is 0 Å². The first-order valence-electron chi connectivity index (χ1n) is 6.21. The molecule has 1 atom stereocenters. The summed E-state index contributed by atoms with van der Waals surface area (Å²) in [7, 11) is 5.30. The highest BCUT2D eigenvalue weighted by Crippen LogP contribution is 2.26. The molecule has 0 saturated carbocycles. The summed E-state index contributed by atoms with van der Waals surface area (Å²) in [6, 6.07) is 7.95. The number of likely N-dealkylation sites (N-methyl/N-ethyl adjacent to an activating group) is 1. The summed E-state index contributed by atoms with van der Waals surface area (Å²) in [5, 5.41) is 3.15. The highest BCUT2D eigenvalue weighted by molar-refractivity contribution is 5.35. The van der Waals surface area contributed by atoms with Crippen LogP contribution in [0.2, 0.25) is 0 Å². The van der Waals surface area contributed by atoms with Crippen molar-refractivity contribution in [1.29, 1.82) is 0 Å². The number of hydrogen-bond acceptors (Lipinski definition) is 4. The SMILES string of the molecule is CNCC(OCCCOC)c1ccccc1OC. The molecular formula is C14H23NO3. The fraction of sp³-hybridized carbons (Fsp3) is 0.571.